The molecule has 1 aromatic carbocycles. The number of amides is 1. The van der Waals surface area contributed by atoms with E-state index >= 15 is 0 Å². The van der Waals surface area contributed by atoms with Crippen molar-refractivity contribution in [1.82, 2.24) is 9.62 Å². The van der Waals surface area contributed by atoms with Gasteiger partial charge in [0.25, 0.3) is 5.91 Å². The topological polar surface area (TPSA) is 94.7 Å². The highest BCUT2D eigenvalue weighted by molar-refractivity contribution is 7.89. The van der Waals surface area contributed by atoms with Gasteiger partial charge in [-0.25, -0.2) is 17.2 Å². The number of carbonyl (C=O) groups is 1. The third-order valence-corrected chi connectivity index (χ3v) is 7.07. The Balaban J connectivity index is 1.97. The summed E-state index contributed by atoms with van der Waals surface area (Å²) in [4.78, 5) is 12.6. The zero-order valence-electron chi connectivity index (χ0n) is 16.1. The third kappa shape index (κ3) is 4.84. The van der Waals surface area contributed by atoms with Gasteiger partial charge in [-0.15, -0.1) is 0 Å². The number of halogens is 2. The van der Waals surface area contributed by atoms with Crippen LogP contribution < -0.4 is 10.2 Å². The molecule has 0 aromatic heterocycles. The molecule has 1 aromatic rings. The van der Waals surface area contributed by atoms with Gasteiger partial charge in [0.1, 0.15) is 22.1 Å². The molecule has 1 amide bonds. The van der Waals surface area contributed by atoms with Gasteiger partial charge in [0.2, 0.25) is 10.0 Å². The summed E-state index contributed by atoms with van der Waals surface area (Å²) in [5, 5.41) is 12.0. The first-order valence-corrected chi connectivity index (χ1v) is 10.4. The maximum absolute atomic E-state index is 13.9. The van der Waals surface area contributed by atoms with Crippen LogP contribution in [0.25, 0.3) is 0 Å². The molecule has 1 aliphatic heterocycles. The maximum atomic E-state index is 13.9. The summed E-state index contributed by atoms with van der Waals surface area (Å²) in [6, 6.07) is 4.47. The predicted molar refractivity (Wildman–Crippen MR) is 97.7 cm³/mol. The molecule has 7 nitrogen and oxygen atoms in total. The van der Waals surface area contributed by atoms with Crippen LogP contribution in [0.15, 0.2) is 23.1 Å². The second kappa shape index (κ2) is 8.51. The molecule has 28 heavy (non-hydrogen) atoms. The summed E-state index contributed by atoms with van der Waals surface area (Å²) < 4.78 is 53.2. The summed E-state index contributed by atoms with van der Waals surface area (Å²) in [7, 11) is -4.07. The lowest BCUT2D eigenvalue weighted by atomic mass is 9.90. The van der Waals surface area contributed by atoms with Crippen LogP contribution in [0.2, 0.25) is 0 Å². The fourth-order valence-electron chi connectivity index (χ4n) is 2.91. The summed E-state index contributed by atoms with van der Waals surface area (Å²) in [5.41, 5.74) is -0.970. The van der Waals surface area contributed by atoms with Crippen molar-refractivity contribution in [3.63, 3.8) is 0 Å². The Morgan fingerprint density at radius 3 is 2.46 bits per heavy atom. The van der Waals surface area contributed by atoms with Crippen molar-refractivity contribution in [2.24, 2.45) is 5.92 Å². The second-order valence-corrected chi connectivity index (χ2v) is 9.33. The highest BCUT2D eigenvalue weighted by Gasteiger charge is 2.35. The first-order chi connectivity index (χ1) is 13.0. The Kier molecular flexibility index (Phi) is 6.75. The standard InChI is InChI=1S/C18H24F2N4O3S/c1-13(2)18(3,12-21)22-17(25)11-23-6-8-24(9-7-23)28(26,27)16-5-4-14(19)10-15(16)20/h4-5,10,13H,6-9,11H2,1-3H3,(H,22,25)/p+1/t18-/m1/s1. The van der Waals surface area contributed by atoms with Gasteiger partial charge >= 0.3 is 0 Å². The number of piperazine rings is 1. The fraction of sp³-hybridized carbons (Fsp3) is 0.556. The number of carbonyl (C=O) groups excluding carboxylic acids is 1. The van der Waals surface area contributed by atoms with Crippen molar-refractivity contribution < 1.29 is 26.9 Å². The molecule has 0 spiro atoms. The van der Waals surface area contributed by atoms with Crippen molar-refractivity contribution in [1.29, 1.82) is 5.26 Å². The molecular formula is C18H25F2N4O3S+. The van der Waals surface area contributed by atoms with Crippen molar-refractivity contribution in [2.45, 2.75) is 31.2 Å². The van der Waals surface area contributed by atoms with Gasteiger partial charge in [-0.1, -0.05) is 13.8 Å². The van der Waals surface area contributed by atoms with Crippen molar-refractivity contribution in [3.8, 4) is 6.07 Å². The number of hydrogen-bond acceptors (Lipinski definition) is 4. The average molecular weight is 415 g/mol. The average Bonchev–Trinajstić information content (AvgIpc) is 2.61. The molecule has 1 saturated heterocycles. The number of nitrogens with zero attached hydrogens (tertiary/aromatic N) is 2. The number of benzene rings is 1. The predicted octanol–water partition coefficient (Wildman–Crippen LogP) is -0.0915. The first-order valence-electron chi connectivity index (χ1n) is 9.00. The van der Waals surface area contributed by atoms with Crippen molar-refractivity contribution >= 4 is 15.9 Å². The minimum absolute atomic E-state index is 0.0657. The van der Waals surface area contributed by atoms with Crippen LogP contribution in [0.3, 0.4) is 0 Å². The smallest absolute Gasteiger partial charge is 0.276 e. The Morgan fingerprint density at radius 1 is 1.36 bits per heavy atom. The minimum atomic E-state index is -4.07. The molecule has 10 heteroatoms. The van der Waals surface area contributed by atoms with Crippen LogP contribution in [-0.4, -0.2) is 56.9 Å². The van der Waals surface area contributed by atoms with Crippen LogP contribution in [-0.2, 0) is 14.8 Å². The molecule has 0 aliphatic carbocycles. The molecule has 0 bridgehead atoms. The number of quaternary nitrogens is 1. The highest BCUT2D eigenvalue weighted by atomic mass is 32.2. The van der Waals surface area contributed by atoms with Crippen LogP contribution in [0, 0.1) is 28.9 Å². The third-order valence-electron chi connectivity index (χ3n) is 5.14. The summed E-state index contributed by atoms with van der Waals surface area (Å²) >= 11 is 0. The SMILES string of the molecule is CC(C)[C@@](C)(C#N)NC(=O)C[NH+]1CCN(S(=O)(=O)c2ccc(F)cc2F)CC1. The molecule has 154 valence electrons. The lowest BCUT2D eigenvalue weighted by Crippen LogP contribution is -3.16. The quantitative estimate of drug-likeness (QED) is 0.679. The zero-order valence-corrected chi connectivity index (χ0v) is 16.9. The van der Waals surface area contributed by atoms with Crippen LogP contribution in [0.1, 0.15) is 20.8 Å². The van der Waals surface area contributed by atoms with Gasteiger partial charge in [-0.2, -0.15) is 9.57 Å². The fourth-order valence-corrected chi connectivity index (χ4v) is 4.39. The van der Waals surface area contributed by atoms with E-state index in [2.05, 4.69) is 11.4 Å². The number of nitrogens with one attached hydrogen (secondary N) is 2. The zero-order chi connectivity index (χ0) is 21.1. The molecule has 1 aliphatic rings. The molecule has 1 heterocycles. The van der Waals surface area contributed by atoms with E-state index in [0.29, 0.717) is 19.2 Å². The molecule has 2 N–H and O–H groups in total. The van der Waals surface area contributed by atoms with Gasteiger partial charge in [0, 0.05) is 6.07 Å². The van der Waals surface area contributed by atoms with E-state index in [1.807, 2.05) is 13.8 Å². The molecule has 0 saturated carbocycles. The summed E-state index contributed by atoms with van der Waals surface area (Å²) in [6.45, 7) is 6.41. The van der Waals surface area contributed by atoms with Gasteiger partial charge in [0.15, 0.2) is 6.54 Å². The van der Waals surface area contributed by atoms with Crippen LogP contribution in [0.5, 0.6) is 0 Å². The molecular weight excluding hydrogens is 390 g/mol. The monoisotopic (exact) mass is 415 g/mol. The van der Waals surface area contributed by atoms with Gasteiger partial charge in [-0.05, 0) is 25.0 Å². The lowest BCUT2D eigenvalue weighted by Gasteiger charge is -2.32. The van der Waals surface area contributed by atoms with Crippen molar-refractivity contribution in [2.75, 3.05) is 32.7 Å². The van der Waals surface area contributed by atoms with E-state index in [1.54, 1.807) is 6.92 Å². The van der Waals surface area contributed by atoms with E-state index in [4.69, 9.17) is 0 Å². The van der Waals surface area contributed by atoms with E-state index in [0.717, 1.165) is 21.3 Å². The Labute approximate surface area is 164 Å². The second-order valence-electron chi connectivity index (χ2n) is 7.42. The number of hydrogen-bond donors (Lipinski definition) is 2. The number of nitriles is 1. The van der Waals surface area contributed by atoms with Crippen LogP contribution >= 0.6 is 0 Å². The highest BCUT2D eigenvalue weighted by Crippen LogP contribution is 2.20. The van der Waals surface area contributed by atoms with Crippen molar-refractivity contribution in [3.05, 3.63) is 29.8 Å². The molecule has 1 atom stereocenters. The maximum Gasteiger partial charge on any atom is 0.276 e. The van der Waals surface area contributed by atoms with E-state index in [9.17, 15) is 27.3 Å². The molecule has 1 fully saturated rings. The molecule has 0 unspecified atom stereocenters. The van der Waals surface area contributed by atoms with E-state index < -0.39 is 32.1 Å². The number of sulfonamides is 1. The van der Waals surface area contributed by atoms with Gasteiger partial charge < -0.3 is 10.2 Å². The first kappa shape index (κ1) is 22.2. The lowest BCUT2D eigenvalue weighted by molar-refractivity contribution is -0.895. The Morgan fingerprint density at radius 2 is 1.96 bits per heavy atom. The minimum Gasteiger partial charge on any atom is -0.333 e. The summed E-state index contributed by atoms with van der Waals surface area (Å²) in [6.07, 6.45) is 0. The number of rotatable bonds is 6. The summed E-state index contributed by atoms with van der Waals surface area (Å²) in [5.74, 6) is -2.32. The van der Waals surface area contributed by atoms with Gasteiger partial charge in [-0.3, -0.25) is 4.79 Å². The van der Waals surface area contributed by atoms with E-state index in [1.165, 1.54) is 0 Å². The Bertz CT molecular complexity index is 877. The van der Waals surface area contributed by atoms with E-state index in [-0.39, 0.29) is 31.5 Å². The van der Waals surface area contributed by atoms with Gasteiger partial charge in [0.05, 0.1) is 32.2 Å². The Hall–Kier alpha value is -2.09. The normalized spacial score (nSPS) is 18.5. The van der Waals surface area contributed by atoms with Crippen LogP contribution in [0.4, 0.5) is 8.78 Å². The largest absolute Gasteiger partial charge is 0.333 e. The molecule has 0 radical (unpaired) electrons. The molecule has 2 rings (SSSR count).